The molecule has 0 aliphatic rings. The maximum absolute atomic E-state index is 13.7. The average Bonchev–Trinajstić information content (AvgIpc) is 3.20. The van der Waals surface area contributed by atoms with Crippen molar-refractivity contribution in [2.45, 2.75) is 6.54 Å². The first kappa shape index (κ1) is 20.3. The number of hydrogen-bond acceptors (Lipinski definition) is 4. The van der Waals surface area contributed by atoms with Crippen molar-refractivity contribution in [2.75, 3.05) is 13.7 Å². The molecule has 31 heavy (non-hydrogen) atoms. The van der Waals surface area contributed by atoms with Crippen LogP contribution in [0, 0.1) is 11.6 Å². The summed E-state index contributed by atoms with van der Waals surface area (Å²) in [4.78, 5) is 24.9. The summed E-state index contributed by atoms with van der Waals surface area (Å²) in [5.74, 6) is -2.05. The van der Waals surface area contributed by atoms with Crippen LogP contribution in [0.4, 0.5) is 8.78 Å². The van der Waals surface area contributed by atoms with Crippen molar-refractivity contribution in [2.24, 2.45) is 0 Å². The minimum atomic E-state index is -0.943. The second-order valence-electron chi connectivity index (χ2n) is 6.74. The minimum absolute atomic E-state index is 0.0160. The second-order valence-corrected chi connectivity index (χ2v) is 6.74. The van der Waals surface area contributed by atoms with Gasteiger partial charge in [0.15, 0.2) is 0 Å². The fourth-order valence-corrected chi connectivity index (χ4v) is 3.20. The molecule has 0 fully saturated rings. The molecule has 4 aromatic rings. The number of hydrogen-bond donors (Lipinski definition) is 1. The lowest BCUT2D eigenvalue weighted by Crippen LogP contribution is -2.32. The summed E-state index contributed by atoms with van der Waals surface area (Å²) in [7, 11) is 1.58. The van der Waals surface area contributed by atoms with Gasteiger partial charge in [0.1, 0.15) is 28.5 Å². The molecule has 4 rings (SSSR count). The van der Waals surface area contributed by atoms with E-state index in [1.165, 1.54) is 21.3 Å². The number of nitrogens with zero attached hydrogens (tertiary/aromatic N) is 3. The van der Waals surface area contributed by atoms with Crippen LogP contribution in [0.5, 0.6) is 5.75 Å². The molecule has 0 aliphatic heterocycles. The van der Waals surface area contributed by atoms with Crippen LogP contribution in [0.1, 0.15) is 10.4 Å². The molecule has 0 radical (unpaired) electrons. The van der Waals surface area contributed by atoms with Gasteiger partial charge >= 0.3 is 0 Å². The quantitative estimate of drug-likeness (QED) is 0.516. The second kappa shape index (κ2) is 8.39. The summed E-state index contributed by atoms with van der Waals surface area (Å²) < 4.78 is 35.4. The summed E-state index contributed by atoms with van der Waals surface area (Å²) in [6, 6.07) is 12.2. The van der Waals surface area contributed by atoms with Gasteiger partial charge in [0.2, 0.25) is 0 Å². The number of ether oxygens (including phenoxy) is 1. The number of benzene rings is 2. The van der Waals surface area contributed by atoms with Crippen LogP contribution in [0.25, 0.3) is 16.8 Å². The molecule has 0 unspecified atom stereocenters. The lowest BCUT2D eigenvalue weighted by Gasteiger charge is -2.09. The van der Waals surface area contributed by atoms with Gasteiger partial charge in [-0.05, 0) is 42.5 Å². The van der Waals surface area contributed by atoms with Crippen LogP contribution in [0.2, 0.25) is 0 Å². The van der Waals surface area contributed by atoms with E-state index in [0.29, 0.717) is 17.0 Å². The Kier molecular flexibility index (Phi) is 5.48. The molecule has 2 aromatic carbocycles. The highest BCUT2D eigenvalue weighted by Crippen LogP contribution is 2.21. The number of carbonyl (C=O) groups is 1. The Morgan fingerprint density at radius 1 is 1.10 bits per heavy atom. The number of fused-ring (bicyclic) bond motifs is 1. The van der Waals surface area contributed by atoms with Crippen molar-refractivity contribution in [1.82, 2.24) is 19.5 Å². The minimum Gasteiger partial charge on any atom is -0.497 e. The summed E-state index contributed by atoms with van der Waals surface area (Å²) >= 11 is 0. The molecule has 1 N–H and O–H groups in total. The number of methoxy groups -OCH3 is 1. The van der Waals surface area contributed by atoms with Gasteiger partial charge in [0.25, 0.3) is 11.5 Å². The molecule has 0 aliphatic carbocycles. The summed E-state index contributed by atoms with van der Waals surface area (Å²) in [6.07, 6.45) is 3.16. The van der Waals surface area contributed by atoms with Crippen LogP contribution in [0.3, 0.4) is 0 Å². The SMILES string of the molecule is COc1ccc(-c2cc3c(=O)n(CCNC(=O)c4c(F)cccc4F)ccn3n2)cc1. The number of aromatic nitrogens is 3. The third-order valence-corrected chi connectivity index (χ3v) is 4.82. The number of halogens is 2. The van der Waals surface area contributed by atoms with E-state index in [0.717, 1.165) is 17.7 Å². The highest BCUT2D eigenvalue weighted by Gasteiger charge is 2.16. The van der Waals surface area contributed by atoms with E-state index in [1.54, 1.807) is 31.5 Å². The number of carbonyl (C=O) groups excluding carboxylic acids is 1. The molecule has 0 saturated heterocycles. The van der Waals surface area contributed by atoms with E-state index in [2.05, 4.69) is 10.4 Å². The van der Waals surface area contributed by atoms with E-state index in [1.807, 2.05) is 12.1 Å². The van der Waals surface area contributed by atoms with Gasteiger partial charge < -0.3 is 14.6 Å². The van der Waals surface area contributed by atoms with Crippen LogP contribution >= 0.6 is 0 Å². The van der Waals surface area contributed by atoms with Gasteiger partial charge in [-0.1, -0.05) is 6.07 Å². The van der Waals surface area contributed by atoms with Gasteiger partial charge in [-0.3, -0.25) is 9.59 Å². The normalized spacial score (nSPS) is 10.9. The van der Waals surface area contributed by atoms with E-state index in [9.17, 15) is 18.4 Å². The highest BCUT2D eigenvalue weighted by molar-refractivity contribution is 5.94. The van der Waals surface area contributed by atoms with Crippen LogP contribution in [-0.2, 0) is 6.54 Å². The van der Waals surface area contributed by atoms with Gasteiger partial charge in [0, 0.05) is 31.0 Å². The fraction of sp³-hybridized carbons (Fsp3) is 0.136. The molecular formula is C22H18F2N4O3. The molecule has 0 spiro atoms. The van der Waals surface area contributed by atoms with E-state index >= 15 is 0 Å². The van der Waals surface area contributed by atoms with Gasteiger partial charge in [-0.25, -0.2) is 13.3 Å². The van der Waals surface area contributed by atoms with Gasteiger partial charge in [-0.2, -0.15) is 5.10 Å². The Balaban J connectivity index is 1.50. The first-order valence-corrected chi connectivity index (χ1v) is 9.43. The molecule has 2 aromatic heterocycles. The summed E-state index contributed by atoms with van der Waals surface area (Å²) in [5.41, 5.74) is 0.863. The topological polar surface area (TPSA) is 77.6 Å². The van der Waals surface area contributed by atoms with E-state index in [-0.39, 0.29) is 18.6 Å². The van der Waals surface area contributed by atoms with Crippen molar-refractivity contribution in [3.05, 3.63) is 88.5 Å². The van der Waals surface area contributed by atoms with Crippen molar-refractivity contribution >= 4 is 11.4 Å². The average molecular weight is 424 g/mol. The molecule has 7 nitrogen and oxygen atoms in total. The standard InChI is InChI=1S/C22H18F2N4O3/c1-31-15-7-5-14(6-8-15)18-13-19-22(30)27(11-12-28(19)26-18)10-9-25-21(29)20-16(23)3-2-4-17(20)24/h2-8,11-13H,9-10H2,1H3,(H,25,29). The molecular weight excluding hydrogens is 406 g/mol. The molecule has 1 amide bonds. The zero-order valence-electron chi connectivity index (χ0n) is 16.5. The molecule has 0 saturated carbocycles. The van der Waals surface area contributed by atoms with Crippen molar-refractivity contribution in [1.29, 1.82) is 0 Å². The third kappa shape index (κ3) is 4.02. The Morgan fingerprint density at radius 3 is 2.48 bits per heavy atom. The molecule has 2 heterocycles. The third-order valence-electron chi connectivity index (χ3n) is 4.82. The maximum Gasteiger partial charge on any atom is 0.276 e. The number of nitrogens with one attached hydrogen (secondary N) is 1. The maximum atomic E-state index is 13.7. The zero-order valence-corrected chi connectivity index (χ0v) is 16.5. The molecule has 0 atom stereocenters. The molecule has 158 valence electrons. The van der Waals surface area contributed by atoms with Crippen LogP contribution in [0.15, 0.2) is 65.7 Å². The Labute approximate surface area is 175 Å². The largest absolute Gasteiger partial charge is 0.497 e. The zero-order chi connectivity index (χ0) is 22.0. The number of amides is 1. The summed E-state index contributed by atoms with van der Waals surface area (Å²) in [5, 5.41) is 6.85. The molecule has 9 heteroatoms. The highest BCUT2D eigenvalue weighted by atomic mass is 19.1. The van der Waals surface area contributed by atoms with Crippen molar-refractivity contribution in [3.8, 4) is 17.0 Å². The van der Waals surface area contributed by atoms with E-state index in [4.69, 9.17) is 4.74 Å². The Morgan fingerprint density at radius 2 is 1.81 bits per heavy atom. The van der Waals surface area contributed by atoms with E-state index < -0.39 is 23.1 Å². The lowest BCUT2D eigenvalue weighted by atomic mass is 10.1. The Bertz CT molecular complexity index is 1290. The van der Waals surface area contributed by atoms with Crippen molar-refractivity contribution in [3.63, 3.8) is 0 Å². The first-order valence-electron chi connectivity index (χ1n) is 9.43. The van der Waals surface area contributed by atoms with Crippen LogP contribution < -0.4 is 15.6 Å². The van der Waals surface area contributed by atoms with Crippen LogP contribution in [-0.4, -0.2) is 33.7 Å². The number of rotatable bonds is 6. The predicted octanol–water partition coefficient (Wildman–Crippen LogP) is 2.88. The first-order chi connectivity index (χ1) is 15.0. The lowest BCUT2D eigenvalue weighted by molar-refractivity contribution is 0.0943. The molecule has 0 bridgehead atoms. The monoisotopic (exact) mass is 424 g/mol. The fourth-order valence-electron chi connectivity index (χ4n) is 3.20. The Hall–Kier alpha value is -4.01. The van der Waals surface area contributed by atoms with Gasteiger partial charge in [0.05, 0.1) is 12.8 Å². The smallest absolute Gasteiger partial charge is 0.276 e. The summed E-state index contributed by atoms with van der Waals surface area (Å²) in [6.45, 7) is 0.141. The van der Waals surface area contributed by atoms with Crippen molar-refractivity contribution < 1.29 is 18.3 Å². The predicted molar refractivity (Wildman–Crippen MR) is 110 cm³/mol. The van der Waals surface area contributed by atoms with Gasteiger partial charge in [-0.15, -0.1) is 0 Å².